The fraction of sp³-hybridized carbons (Fsp3) is 0.357. The second-order valence-corrected chi connectivity index (χ2v) is 5.24. The lowest BCUT2D eigenvalue weighted by Gasteiger charge is -2.11. The predicted octanol–water partition coefficient (Wildman–Crippen LogP) is 3.20. The van der Waals surface area contributed by atoms with E-state index in [0.717, 1.165) is 11.3 Å². The third-order valence-electron chi connectivity index (χ3n) is 2.94. The molecule has 2 N–H and O–H groups in total. The SMILES string of the molecule is Cc1nn(C)c(Oc2cccc(Cl)c2F)c1CC(C)N. The van der Waals surface area contributed by atoms with Crippen LogP contribution in [0.2, 0.25) is 5.02 Å². The van der Waals surface area contributed by atoms with E-state index in [1.807, 2.05) is 13.8 Å². The van der Waals surface area contributed by atoms with Crippen molar-refractivity contribution >= 4 is 11.6 Å². The molecule has 0 aliphatic heterocycles. The lowest BCUT2D eigenvalue weighted by atomic mass is 10.1. The molecule has 0 aliphatic carbocycles. The largest absolute Gasteiger partial charge is 0.436 e. The summed E-state index contributed by atoms with van der Waals surface area (Å²) in [5, 5.41) is 4.32. The maximum absolute atomic E-state index is 13.9. The lowest BCUT2D eigenvalue weighted by molar-refractivity contribution is 0.399. The molecule has 2 rings (SSSR count). The molecule has 4 nitrogen and oxygen atoms in total. The third-order valence-corrected chi connectivity index (χ3v) is 3.23. The predicted molar refractivity (Wildman–Crippen MR) is 76.8 cm³/mol. The Hall–Kier alpha value is -1.59. The second kappa shape index (κ2) is 5.81. The molecule has 1 heterocycles. The Labute approximate surface area is 122 Å². The van der Waals surface area contributed by atoms with Crippen LogP contribution in [0.4, 0.5) is 4.39 Å². The van der Waals surface area contributed by atoms with Gasteiger partial charge < -0.3 is 10.5 Å². The van der Waals surface area contributed by atoms with Crippen molar-refractivity contribution < 1.29 is 9.13 Å². The van der Waals surface area contributed by atoms with Gasteiger partial charge in [-0.1, -0.05) is 17.7 Å². The Kier molecular flexibility index (Phi) is 4.30. The summed E-state index contributed by atoms with van der Waals surface area (Å²) in [7, 11) is 1.75. The minimum atomic E-state index is -0.584. The van der Waals surface area contributed by atoms with Gasteiger partial charge in [0.1, 0.15) is 0 Å². The highest BCUT2D eigenvalue weighted by atomic mass is 35.5. The number of aromatic nitrogens is 2. The lowest BCUT2D eigenvalue weighted by Crippen LogP contribution is -2.18. The van der Waals surface area contributed by atoms with Crippen molar-refractivity contribution in [2.75, 3.05) is 0 Å². The molecule has 0 saturated carbocycles. The average molecular weight is 298 g/mol. The highest BCUT2D eigenvalue weighted by Crippen LogP contribution is 2.32. The number of ether oxygens (including phenoxy) is 1. The Bertz CT molecular complexity index is 625. The maximum atomic E-state index is 13.9. The van der Waals surface area contributed by atoms with Crippen molar-refractivity contribution in [1.82, 2.24) is 9.78 Å². The summed E-state index contributed by atoms with van der Waals surface area (Å²) < 4.78 is 21.1. The van der Waals surface area contributed by atoms with Gasteiger partial charge in [0.25, 0.3) is 0 Å². The van der Waals surface area contributed by atoms with E-state index in [2.05, 4.69) is 5.10 Å². The molecule has 1 aromatic heterocycles. The maximum Gasteiger partial charge on any atom is 0.221 e. The van der Waals surface area contributed by atoms with E-state index >= 15 is 0 Å². The van der Waals surface area contributed by atoms with Crippen LogP contribution >= 0.6 is 11.6 Å². The molecule has 0 amide bonds. The Morgan fingerprint density at radius 3 is 2.85 bits per heavy atom. The Balaban J connectivity index is 2.40. The summed E-state index contributed by atoms with van der Waals surface area (Å²) in [6.45, 7) is 3.77. The first kappa shape index (κ1) is 14.8. The van der Waals surface area contributed by atoms with E-state index in [9.17, 15) is 4.39 Å². The first-order chi connectivity index (χ1) is 9.40. The smallest absolute Gasteiger partial charge is 0.221 e. The van der Waals surface area contributed by atoms with Crippen molar-refractivity contribution in [3.8, 4) is 11.6 Å². The summed E-state index contributed by atoms with van der Waals surface area (Å²) in [5.41, 5.74) is 7.53. The van der Waals surface area contributed by atoms with E-state index in [4.69, 9.17) is 22.1 Å². The van der Waals surface area contributed by atoms with Crippen LogP contribution < -0.4 is 10.5 Å². The first-order valence-corrected chi connectivity index (χ1v) is 6.68. The van der Waals surface area contributed by atoms with E-state index in [0.29, 0.717) is 12.3 Å². The number of aryl methyl sites for hydroxylation is 2. The molecule has 1 unspecified atom stereocenters. The fourth-order valence-corrected chi connectivity index (χ4v) is 2.20. The van der Waals surface area contributed by atoms with Crippen LogP contribution in [0.5, 0.6) is 11.6 Å². The summed E-state index contributed by atoms with van der Waals surface area (Å²) in [4.78, 5) is 0. The van der Waals surface area contributed by atoms with Crippen LogP contribution in [0.1, 0.15) is 18.2 Å². The molecule has 6 heteroatoms. The Morgan fingerprint density at radius 2 is 2.20 bits per heavy atom. The number of nitrogens with zero attached hydrogens (tertiary/aromatic N) is 2. The first-order valence-electron chi connectivity index (χ1n) is 6.30. The molecule has 0 spiro atoms. The second-order valence-electron chi connectivity index (χ2n) is 4.83. The summed E-state index contributed by atoms with van der Waals surface area (Å²) >= 11 is 5.75. The molecule has 108 valence electrons. The van der Waals surface area contributed by atoms with Crippen molar-refractivity contribution in [3.05, 3.63) is 40.3 Å². The Morgan fingerprint density at radius 1 is 1.50 bits per heavy atom. The topological polar surface area (TPSA) is 53.1 Å². The highest BCUT2D eigenvalue weighted by Gasteiger charge is 2.18. The van der Waals surface area contributed by atoms with Gasteiger partial charge in [-0.2, -0.15) is 5.10 Å². The van der Waals surface area contributed by atoms with Gasteiger partial charge in [-0.3, -0.25) is 0 Å². The summed E-state index contributed by atoms with van der Waals surface area (Å²) in [6.07, 6.45) is 0.608. The van der Waals surface area contributed by atoms with Crippen LogP contribution in [0.25, 0.3) is 0 Å². The van der Waals surface area contributed by atoms with Crippen molar-refractivity contribution in [2.45, 2.75) is 26.3 Å². The molecule has 0 saturated heterocycles. The number of hydrogen-bond acceptors (Lipinski definition) is 3. The zero-order valence-electron chi connectivity index (χ0n) is 11.7. The number of halogens is 2. The standard InChI is InChI=1S/C14H17ClFN3O/c1-8(17)7-10-9(2)18-19(3)14(10)20-12-6-4-5-11(15)13(12)16/h4-6,8H,7,17H2,1-3H3. The molecular formula is C14H17ClFN3O. The molecule has 1 atom stereocenters. The van der Waals surface area contributed by atoms with Gasteiger partial charge in [-0.15, -0.1) is 0 Å². The molecule has 0 bridgehead atoms. The van der Waals surface area contributed by atoms with Crippen LogP contribution in [-0.4, -0.2) is 15.8 Å². The quantitative estimate of drug-likeness (QED) is 0.943. The van der Waals surface area contributed by atoms with E-state index in [1.54, 1.807) is 17.8 Å². The monoisotopic (exact) mass is 297 g/mol. The highest BCUT2D eigenvalue weighted by molar-refractivity contribution is 6.30. The van der Waals surface area contributed by atoms with Gasteiger partial charge in [-0.25, -0.2) is 9.07 Å². The van der Waals surface area contributed by atoms with Gasteiger partial charge >= 0.3 is 0 Å². The average Bonchev–Trinajstić information content (AvgIpc) is 2.61. The summed E-state index contributed by atoms with van der Waals surface area (Å²) in [5.74, 6) is -0.0212. The normalized spacial score (nSPS) is 12.5. The minimum absolute atomic E-state index is 0.0233. The number of rotatable bonds is 4. The summed E-state index contributed by atoms with van der Waals surface area (Å²) in [6, 6.07) is 4.60. The third kappa shape index (κ3) is 2.94. The molecule has 20 heavy (non-hydrogen) atoms. The number of nitrogens with two attached hydrogens (primary N) is 1. The van der Waals surface area contributed by atoms with Crippen molar-refractivity contribution in [3.63, 3.8) is 0 Å². The minimum Gasteiger partial charge on any atom is -0.436 e. The van der Waals surface area contributed by atoms with Crippen LogP contribution in [0, 0.1) is 12.7 Å². The zero-order valence-corrected chi connectivity index (χ0v) is 12.4. The van der Waals surface area contributed by atoms with Crippen molar-refractivity contribution in [1.29, 1.82) is 0 Å². The molecule has 0 radical (unpaired) electrons. The van der Waals surface area contributed by atoms with E-state index in [1.165, 1.54) is 12.1 Å². The molecule has 0 aliphatic rings. The van der Waals surface area contributed by atoms with Crippen LogP contribution in [0.15, 0.2) is 18.2 Å². The van der Waals surface area contributed by atoms with Crippen LogP contribution in [-0.2, 0) is 13.5 Å². The fourth-order valence-electron chi connectivity index (χ4n) is 2.03. The van der Waals surface area contributed by atoms with Gasteiger partial charge in [0, 0.05) is 18.7 Å². The zero-order chi connectivity index (χ0) is 14.9. The van der Waals surface area contributed by atoms with Gasteiger partial charge in [-0.05, 0) is 32.4 Å². The van der Waals surface area contributed by atoms with Crippen LogP contribution in [0.3, 0.4) is 0 Å². The van der Waals surface area contributed by atoms with Gasteiger partial charge in [0.15, 0.2) is 11.6 Å². The molecule has 0 fully saturated rings. The number of hydrogen-bond donors (Lipinski definition) is 1. The van der Waals surface area contributed by atoms with E-state index < -0.39 is 5.82 Å². The van der Waals surface area contributed by atoms with Gasteiger partial charge in [0.05, 0.1) is 10.7 Å². The molecule has 1 aromatic carbocycles. The molecular weight excluding hydrogens is 281 g/mol. The number of benzene rings is 1. The molecule has 2 aromatic rings. The van der Waals surface area contributed by atoms with Crippen molar-refractivity contribution in [2.24, 2.45) is 12.8 Å². The van der Waals surface area contributed by atoms with E-state index in [-0.39, 0.29) is 16.8 Å². The van der Waals surface area contributed by atoms with Gasteiger partial charge in [0.2, 0.25) is 5.88 Å².